The summed E-state index contributed by atoms with van der Waals surface area (Å²) in [6.45, 7) is 0. The number of aliphatic imine (C=N–C) groups is 1. The number of hydrogen-bond acceptors (Lipinski definition) is 6. The smallest absolute Gasteiger partial charge is 0.220 e. The minimum Gasteiger partial charge on any atom is -0.384 e. The van der Waals surface area contributed by atoms with Gasteiger partial charge in [-0.2, -0.15) is 0 Å². The van der Waals surface area contributed by atoms with Crippen molar-refractivity contribution in [2.24, 2.45) is 16.6 Å². The van der Waals surface area contributed by atoms with Crippen LogP contribution in [0.15, 0.2) is 23.3 Å². The highest BCUT2D eigenvalue weighted by atomic mass is 19.1. The highest BCUT2D eigenvalue weighted by Crippen LogP contribution is 2.40. The fourth-order valence-corrected chi connectivity index (χ4v) is 4.42. The molecule has 2 fully saturated rings. The van der Waals surface area contributed by atoms with Gasteiger partial charge < -0.3 is 10.8 Å². The quantitative estimate of drug-likeness (QED) is 0.608. The Morgan fingerprint density at radius 2 is 2.18 bits per heavy atom. The van der Waals surface area contributed by atoms with Crippen LogP contribution in [0.2, 0.25) is 0 Å². The van der Waals surface area contributed by atoms with E-state index in [9.17, 15) is 14.3 Å². The molecular weight excluding hydrogens is 361 g/mol. The fraction of sp³-hybridized carbons (Fsp3) is 0.650. The maximum absolute atomic E-state index is 14.6. The third kappa shape index (κ3) is 3.94. The first-order valence-corrected chi connectivity index (χ1v) is 10.1. The number of aromatic nitrogens is 1. The number of alkyl halides is 1. The monoisotopic (exact) mass is 389 g/mol. The van der Waals surface area contributed by atoms with Crippen molar-refractivity contribution < 1.29 is 14.3 Å². The fourth-order valence-electron chi connectivity index (χ4n) is 4.42. The second-order valence-corrected chi connectivity index (χ2v) is 8.28. The van der Waals surface area contributed by atoms with E-state index < -0.39 is 24.1 Å². The van der Waals surface area contributed by atoms with Gasteiger partial charge in [-0.05, 0) is 56.2 Å². The number of hydrogen-bond donors (Lipinski definition) is 4. The van der Waals surface area contributed by atoms with E-state index in [2.05, 4.69) is 20.6 Å². The van der Waals surface area contributed by atoms with Crippen molar-refractivity contribution in [3.05, 3.63) is 29.6 Å². The number of rotatable bonds is 5. The van der Waals surface area contributed by atoms with Crippen LogP contribution in [0.4, 0.5) is 4.39 Å². The van der Waals surface area contributed by atoms with Gasteiger partial charge in [0.15, 0.2) is 12.5 Å². The Bertz CT molecular complexity index is 754. The van der Waals surface area contributed by atoms with Gasteiger partial charge in [0.25, 0.3) is 0 Å². The third-order valence-corrected chi connectivity index (χ3v) is 6.30. The molecule has 1 aliphatic heterocycles. The summed E-state index contributed by atoms with van der Waals surface area (Å²) in [5.74, 6) is -0.374. The van der Waals surface area contributed by atoms with E-state index in [0.29, 0.717) is 25.0 Å². The molecule has 1 aromatic rings. The average Bonchev–Trinajstić information content (AvgIpc) is 2.68. The van der Waals surface area contributed by atoms with Gasteiger partial charge in [-0.3, -0.25) is 25.4 Å². The Balaban J connectivity index is 1.44. The molecule has 5 atom stereocenters. The molecule has 152 valence electrons. The SMILES string of the molecule is NC(=O)[C@@H]1CCC[C@H](NC2N=CC(F)C(c3ccnc(C4(O)CCC4)c3)N2)C1. The number of nitrogens with one attached hydrogen (secondary N) is 2. The summed E-state index contributed by atoms with van der Waals surface area (Å²) in [7, 11) is 0. The second-order valence-electron chi connectivity index (χ2n) is 8.28. The number of nitrogens with two attached hydrogens (primary N) is 1. The lowest BCUT2D eigenvalue weighted by atomic mass is 9.77. The van der Waals surface area contributed by atoms with Gasteiger partial charge >= 0.3 is 0 Å². The number of primary amides is 1. The minimum atomic E-state index is -1.27. The molecule has 5 N–H and O–H groups in total. The zero-order valence-electron chi connectivity index (χ0n) is 15.9. The van der Waals surface area contributed by atoms with Crippen LogP contribution >= 0.6 is 0 Å². The molecule has 1 amide bonds. The van der Waals surface area contributed by atoms with E-state index in [1.54, 1.807) is 18.3 Å². The molecule has 4 rings (SSSR count). The van der Waals surface area contributed by atoms with E-state index in [-0.39, 0.29) is 17.9 Å². The Hall–Kier alpha value is -1.90. The maximum Gasteiger partial charge on any atom is 0.220 e. The highest BCUT2D eigenvalue weighted by molar-refractivity contribution is 5.76. The summed E-state index contributed by atoms with van der Waals surface area (Å²) in [5.41, 5.74) is 5.93. The molecule has 2 aliphatic carbocycles. The van der Waals surface area contributed by atoms with Crippen molar-refractivity contribution in [2.45, 2.75) is 75.1 Å². The lowest BCUT2D eigenvalue weighted by Gasteiger charge is -2.37. The largest absolute Gasteiger partial charge is 0.384 e. The van der Waals surface area contributed by atoms with Crippen LogP contribution in [0, 0.1) is 5.92 Å². The molecule has 0 saturated heterocycles. The number of halogens is 1. The topological polar surface area (TPSA) is 113 Å². The summed E-state index contributed by atoms with van der Waals surface area (Å²) in [4.78, 5) is 20.0. The zero-order chi connectivity index (χ0) is 19.7. The van der Waals surface area contributed by atoms with Gasteiger partial charge in [-0.25, -0.2) is 4.39 Å². The van der Waals surface area contributed by atoms with Crippen molar-refractivity contribution in [3.8, 4) is 0 Å². The standard InChI is InChI=1S/C20H28FN5O2/c21-15-11-24-19(25-14-4-1-3-13(9-14)18(22)27)26-17(15)12-5-8-23-16(10-12)20(28)6-2-7-20/h5,8,10-11,13-15,17,19,25-26,28H,1-4,6-7,9H2,(H2,22,27)/t13-,14+,15?,17?,19?/m1/s1. The number of nitrogens with zero attached hydrogens (tertiary/aromatic N) is 2. The molecule has 3 unspecified atom stereocenters. The summed E-state index contributed by atoms with van der Waals surface area (Å²) in [6, 6.07) is 3.11. The molecule has 2 heterocycles. The molecule has 0 spiro atoms. The van der Waals surface area contributed by atoms with Gasteiger partial charge in [0.2, 0.25) is 5.91 Å². The molecule has 1 aromatic heterocycles. The lowest BCUT2D eigenvalue weighted by Crippen LogP contribution is -2.53. The number of amides is 1. The van der Waals surface area contributed by atoms with Gasteiger partial charge in [0, 0.05) is 24.4 Å². The number of carbonyl (C=O) groups is 1. The first kappa shape index (κ1) is 19.4. The zero-order valence-corrected chi connectivity index (χ0v) is 15.9. The third-order valence-electron chi connectivity index (χ3n) is 6.30. The Morgan fingerprint density at radius 3 is 2.89 bits per heavy atom. The summed E-state index contributed by atoms with van der Waals surface area (Å²) >= 11 is 0. The predicted molar refractivity (Wildman–Crippen MR) is 103 cm³/mol. The lowest BCUT2D eigenvalue weighted by molar-refractivity contribution is -0.123. The highest BCUT2D eigenvalue weighted by Gasteiger charge is 2.38. The van der Waals surface area contributed by atoms with E-state index in [4.69, 9.17) is 5.73 Å². The number of aliphatic hydroxyl groups is 1. The molecule has 2 saturated carbocycles. The van der Waals surface area contributed by atoms with Crippen molar-refractivity contribution in [1.82, 2.24) is 15.6 Å². The van der Waals surface area contributed by atoms with Crippen molar-refractivity contribution in [1.29, 1.82) is 0 Å². The van der Waals surface area contributed by atoms with Crippen LogP contribution in [-0.4, -0.2) is 40.7 Å². The van der Waals surface area contributed by atoms with Crippen LogP contribution < -0.4 is 16.4 Å². The summed E-state index contributed by atoms with van der Waals surface area (Å²) in [5, 5.41) is 17.2. The van der Waals surface area contributed by atoms with Gasteiger partial charge in [-0.15, -0.1) is 0 Å². The van der Waals surface area contributed by atoms with Gasteiger partial charge in [0.05, 0.1) is 11.7 Å². The maximum atomic E-state index is 14.6. The molecule has 7 nitrogen and oxygen atoms in total. The summed E-state index contributed by atoms with van der Waals surface area (Å²) in [6.07, 6.45) is 6.98. The van der Waals surface area contributed by atoms with E-state index in [1.807, 2.05) is 0 Å². The molecule has 3 aliphatic rings. The Labute approximate surface area is 164 Å². The van der Waals surface area contributed by atoms with Crippen LogP contribution in [0.5, 0.6) is 0 Å². The van der Waals surface area contributed by atoms with E-state index >= 15 is 0 Å². The summed E-state index contributed by atoms with van der Waals surface area (Å²) < 4.78 is 14.6. The Kier molecular flexibility index (Phi) is 5.44. The average molecular weight is 389 g/mol. The first-order valence-electron chi connectivity index (χ1n) is 10.1. The Morgan fingerprint density at radius 1 is 1.36 bits per heavy atom. The number of pyridine rings is 1. The predicted octanol–water partition coefficient (Wildman–Crippen LogP) is 1.42. The molecule has 0 radical (unpaired) electrons. The van der Waals surface area contributed by atoms with Crippen molar-refractivity contribution in [2.75, 3.05) is 0 Å². The molecular formula is C20H28FN5O2. The normalized spacial score (nSPS) is 34.6. The van der Waals surface area contributed by atoms with Crippen LogP contribution in [0.25, 0.3) is 0 Å². The van der Waals surface area contributed by atoms with Crippen molar-refractivity contribution in [3.63, 3.8) is 0 Å². The minimum absolute atomic E-state index is 0.112. The second kappa shape index (κ2) is 7.85. The van der Waals surface area contributed by atoms with E-state index in [1.165, 1.54) is 6.21 Å². The molecule has 0 aromatic carbocycles. The van der Waals surface area contributed by atoms with Gasteiger partial charge in [-0.1, -0.05) is 6.42 Å². The van der Waals surface area contributed by atoms with Crippen LogP contribution in [-0.2, 0) is 10.4 Å². The number of carbonyl (C=O) groups excluding carboxylic acids is 1. The van der Waals surface area contributed by atoms with Crippen molar-refractivity contribution >= 4 is 12.1 Å². The molecule has 0 bridgehead atoms. The van der Waals surface area contributed by atoms with Gasteiger partial charge in [0.1, 0.15) is 5.60 Å². The molecule has 28 heavy (non-hydrogen) atoms. The molecule has 8 heteroatoms. The van der Waals surface area contributed by atoms with Crippen LogP contribution in [0.3, 0.4) is 0 Å². The first-order chi connectivity index (χ1) is 13.4. The van der Waals surface area contributed by atoms with Crippen LogP contribution in [0.1, 0.15) is 62.2 Å². The van der Waals surface area contributed by atoms with E-state index in [0.717, 1.165) is 31.2 Å².